The number of carboxylic acids is 1. The molecule has 0 aliphatic heterocycles. The number of rotatable bonds is 19. The summed E-state index contributed by atoms with van der Waals surface area (Å²) < 4.78 is 5.86. The molecule has 4 rings (SSSR count). The maximum Gasteiger partial charge on any atom is 0.329 e. The van der Waals surface area contributed by atoms with Crippen molar-refractivity contribution in [3.63, 3.8) is 0 Å². The molecule has 2 aromatic heterocycles. The fourth-order valence-corrected chi connectivity index (χ4v) is 6.30. The molecule has 56 heavy (non-hydrogen) atoms. The Balaban J connectivity index is 0.000000655. The average Bonchev–Trinajstić information content (AvgIpc) is 3.71. The molecule has 0 saturated heterocycles. The van der Waals surface area contributed by atoms with Crippen molar-refractivity contribution in [1.29, 1.82) is 0 Å². The number of nitrogens with zero attached hydrogens (tertiary/aromatic N) is 2. The van der Waals surface area contributed by atoms with Gasteiger partial charge in [-0.05, 0) is 79.0 Å². The minimum Gasteiger partial charge on any atom is -0.494 e. The Morgan fingerprint density at radius 1 is 0.929 bits per heavy atom. The fourth-order valence-electron chi connectivity index (χ4n) is 5.42. The molecule has 0 radical (unpaired) electrons. The number of nitrogens with one attached hydrogen (secondary N) is 2. The van der Waals surface area contributed by atoms with Gasteiger partial charge in [0.1, 0.15) is 11.9 Å². The predicted octanol–water partition coefficient (Wildman–Crippen LogP) is 6.39. The van der Waals surface area contributed by atoms with Gasteiger partial charge in [-0.1, -0.05) is 89.8 Å². The number of carbonyl (C=O) groups is 3. The van der Waals surface area contributed by atoms with E-state index in [9.17, 15) is 24.6 Å². The molecule has 0 bridgehead atoms. The second-order valence-corrected chi connectivity index (χ2v) is 15.3. The number of likely N-dealkylation sites (N-methyl/N-ethyl adjacent to an activating group) is 1. The van der Waals surface area contributed by atoms with Gasteiger partial charge in [-0.25, -0.2) is 14.8 Å². The molecule has 3 atom stereocenters. The lowest BCUT2D eigenvalue weighted by molar-refractivity contribution is -0.144. The van der Waals surface area contributed by atoms with Gasteiger partial charge < -0.3 is 37.1 Å². The number of aliphatic hydroxyl groups excluding tert-OH is 1. The Morgan fingerprint density at radius 2 is 1.57 bits per heavy atom. The summed E-state index contributed by atoms with van der Waals surface area (Å²) in [5.74, 6) is -0.619. The summed E-state index contributed by atoms with van der Waals surface area (Å²) in [5.41, 5.74) is 14.5. The number of aromatic nitrogens is 2. The van der Waals surface area contributed by atoms with Crippen molar-refractivity contribution in [3.05, 3.63) is 112 Å². The molecule has 300 valence electrons. The normalized spacial score (nSPS) is 13.3. The van der Waals surface area contributed by atoms with Crippen molar-refractivity contribution < 1.29 is 29.3 Å². The van der Waals surface area contributed by atoms with Crippen LogP contribution in [0.25, 0.3) is 22.5 Å². The van der Waals surface area contributed by atoms with Crippen LogP contribution in [0.5, 0.6) is 5.75 Å². The van der Waals surface area contributed by atoms with Gasteiger partial charge in [0.2, 0.25) is 5.91 Å². The highest BCUT2D eigenvalue weighted by molar-refractivity contribution is 7.13. The minimum atomic E-state index is -1.64. The molecule has 0 aliphatic carbocycles. The molecule has 0 aliphatic rings. The Kier molecular flexibility index (Phi) is 18.4. The number of thiophene rings is 1. The van der Waals surface area contributed by atoms with Crippen molar-refractivity contribution in [2.45, 2.75) is 89.8 Å². The number of benzene rings is 2. The zero-order valence-electron chi connectivity index (χ0n) is 32.9. The molecular weight excluding hydrogens is 729 g/mol. The van der Waals surface area contributed by atoms with Gasteiger partial charge in [0, 0.05) is 34.1 Å². The standard InChI is InChI=1S/C34H44N6O5.C9H12OS/c1-3-4-5-6-7-19-45-27-16-14-24(15-17-27)26-21-38-32(39-22-26)25-12-10-23(11-13-25)20-29(37-2)33(42)40-30(34(43)44)31(41)28(36)9-8-18-35;1-9(2,3)8-5-4-7(6-10)11-8/h8-18,21-22,29-31,37,41H,3-7,19-20,35-36H2,1-2H3,(H,40,42)(H,43,44);4-6H,1-3H3/b18-8-,28-9-;. The summed E-state index contributed by atoms with van der Waals surface area (Å²) in [6.07, 6.45) is 12.9. The van der Waals surface area contributed by atoms with E-state index in [1.807, 2.05) is 60.7 Å². The molecule has 0 fully saturated rings. The van der Waals surface area contributed by atoms with E-state index in [2.05, 4.69) is 48.3 Å². The molecule has 0 saturated carbocycles. The summed E-state index contributed by atoms with van der Waals surface area (Å²) in [6, 6.07) is 16.9. The van der Waals surface area contributed by atoms with Gasteiger partial charge in [0.15, 0.2) is 18.2 Å². The minimum absolute atomic E-state index is 0.150. The van der Waals surface area contributed by atoms with Crippen molar-refractivity contribution in [2.24, 2.45) is 11.5 Å². The van der Waals surface area contributed by atoms with E-state index >= 15 is 0 Å². The van der Waals surface area contributed by atoms with Crippen LogP contribution in [0.3, 0.4) is 0 Å². The first-order chi connectivity index (χ1) is 26.8. The summed E-state index contributed by atoms with van der Waals surface area (Å²) in [5, 5.41) is 25.2. The van der Waals surface area contributed by atoms with Crippen molar-refractivity contribution in [2.75, 3.05) is 13.7 Å². The summed E-state index contributed by atoms with van der Waals surface area (Å²) >= 11 is 1.57. The first-order valence-electron chi connectivity index (χ1n) is 18.7. The molecule has 8 N–H and O–H groups in total. The summed E-state index contributed by atoms with van der Waals surface area (Å²) in [7, 11) is 1.59. The van der Waals surface area contributed by atoms with Crippen molar-refractivity contribution >= 4 is 29.5 Å². The monoisotopic (exact) mass is 784 g/mol. The van der Waals surface area contributed by atoms with Gasteiger partial charge >= 0.3 is 5.97 Å². The molecule has 0 spiro atoms. The average molecular weight is 785 g/mol. The van der Waals surface area contributed by atoms with Gasteiger partial charge in [-0.2, -0.15) is 0 Å². The van der Waals surface area contributed by atoms with Gasteiger partial charge in [-0.3, -0.25) is 9.59 Å². The van der Waals surface area contributed by atoms with Crippen LogP contribution < -0.4 is 26.8 Å². The van der Waals surface area contributed by atoms with Crippen LogP contribution in [-0.4, -0.2) is 70.2 Å². The van der Waals surface area contributed by atoms with Gasteiger partial charge in [-0.15, -0.1) is 11.3 Å². The number of carbonyl (C=O) groups excluding carboxylic acids is 2. The lowest BCUT2D eigenvalue weighted by Gasteiger charge is -2.24. The van der Waals surface area contributed by atoms with Crippen LogP contribution >= 0.6 is 11.3 Å². The third kappa shape index (κ3) is 14.4. The number of aliphatic hydroxyl groups is 1. The smallest absolute Gasteiger partial charge is 0.329 e. The molecule has 2 heterocycles. The third-order valence-corrected chi connectivity index (χ3v) is 10.2. The molecule has 13 heteroatoms. The summed E-state index contributed by atoms with van der Waals surface area (Å²) in [4.78, 5) is 46.2. The number of ether oxygens (including phenoxy) is 1. The van der Waals surface area contributed by atoms with E-state index in [0.29, 0.717) is 5.82 Å². The number of aldehydes is 1. The van der Waals surface area contributed by atoms with Crippen LogP contribution in [0.4, 0.5) is 0 Å². The quantitative estimate of drug-likeness (QED) is 0.0349. The fraction of sp³-hybridized carbons (Fsp3) is 0.372. The van der Waals surface area contributed by atoms with Crippen LogP contribution in [-0.2, 0) is 21.4 Å². The maximum atomic E-state index is 12.9. The molecule has 3 unspecified atom stereocenters. The van der Waals surface area contributed by atoms with E-state index in [1.165, 1.54) is 48.9 Å². The Bertz CT molecular complexity index is 1870. The largest absolute Gasteiger partial charge is 0.494 e. The summed E-state index contributed by atoms with van der Waals surface area (Å²) in [6.45, 7) is 9.37. The molecule has 12 nitrogen and oxygen atoms in total. The first-order valence-corrected chi connectivity index (χ1v) is 19.5. The third-order valence-electron chi connectivity index (χ3n) is 8.78. The van der Waals surface area contributed by atoms with Crippen LogP contribution in [0, 0.1) is 0 Å². The Labute approximate surface area is 334 Å². The number of hydrogen-bond donors (Lipinski definition) is 6. The molecule has 2 aromatic carbocycles. The Hall–Kier alpha value is -5.37. The van der Waals surface area contributed by atoms with Crippen molar-refractivity contribution in [3.8, 4) is 28.3 Å². The van der Waals surface area contributed by atoms with E-state index in [-0.39, 0.29) is 17.5 Å². The Morgan fingerprint density at radius 3 is 2.11 bits per heavy atom. The lowest BCUT2D eigenvalue weighted by Crippen LogP contribution is -2.55. The van der Waals surface area contributed by atoms with Gasteiger partial charge in [0.05, 0.1) is 17.5 Å². The second kappa shape index (κ2) is 22.9. The highest BCUT2D eigenvalue weighted by Gasteiger charge is 2.32. The molecule has 4 aromatic rings. The van der Waals surface area contributed by atoms with Crippen LogP contribution in [0.2, 0.25) is 0 Å². The number of allylic oxidation sites excluding steroid dienone is 2. The van der Waals surface area contributed by atoms with E-state index in [4.69, 9.17) is 16.2 Å². The van der Waals surface area contributed by atoms with Crippen LogP contribution in [0.15, 0.2) is 97.1 Å². The number of amides is 1. The van der Waals surface area contributed by atoms with Crippen LogP contribution in [0.1, 0.15) is 79.9 Å². The lowest BCUT2D eigenvalue weighted by atomic mass is 9.95. The number of nitrogens with two attached hydrogens (primary N) is 2. The molecular formula is C43H56N6O6S. The van der Waals surface area contributed by atoms with Gasteiger partial charge in [0.25, 0.3) is 0 Å². The molecule has 1 amide bonds. The van der Waals surface area contributed by atoms with E-state index in [0.717, 1.165) is 52.2 Å². The highest BCUT2D eigenvalue weighted by atomic mass is 32.1. The zero-order valence-corrected chi connectivity index (χ0v) is 33.7. The SMILES string of the molecule is CC(C)(C)c1ccc(C=O)s1.CCCCCCCOc1ccc(-c2cnc(-c3ccc(CC(NC)C(=O)NC(C(=O)O)C(O)/C(N)=C/C=C\N)cc3)nc2)cc1. The zero-order chi connectivity index (χ0) is 41.1. The number of carboxylic acid groups (broad SMARTS) is 1. The van der Waals surface area contributed by atoms with E-state index < -0.39 is 30.1 Å². The predicted molar refractivity (Wildman–Crippen MR) is 223 cm³/mol. The first kappa shape index (κ1) is 45.0. The van der Waals surface area contributed by atoms with Crippen molar-refractivity contribution in [1.82, 2.24) is 20.6 Å². The topological polar surface area (TPSA) is 203 Å². The van der Waals surface area contributed by atoms with E-state index in [1.54, 1.807) is 30.8 Å². The highest BCUT2D eigenvalue weighted by Crippen LogP contribution is 2.28. The number of hydrogen-bond acceptors (Lipinski definition) is 11. The maximum absolute atomic E-state index is 12.9. The second-order valence-electron chi connectivity index (χ2n) is 14.2. The number of aliphatic carboxylic acids is 1. The number of unbranched alkanes of at least 4 members (excludes halogenated alkanes) is 4.